The summed E-state index contributed by atoms with van der Waals surface area (Å²) in [7, 11) is -0.126. The SMILES string of the molecule is C/C=C\OC(=O)NC(BO)C(C)CC(/C=C\C)=C/C=C/C. The standard InChI is InChI=1S/C16H26BNO3/c1-5-8-10-14(9-6-2)12-13(4)15(17-20)18-16(19)21-11-7-3/h5-11,13,15,17,20H,12H2,1-4H3,(H,18,19)/b8-5+,9-6-,11-7-,14-10+. The molecule has 0 aliphatic carbocycles. The van der Waals surface area contributed by atoms with Gasteiger partial charge in [-0.1, -0.05) is 43.4 Å². The maximum atomic E-state index is 11.5. The first-order valence-corrected chi connectivity index (χ1v) is 7.22. The van der Waals surface area contributed by atoms with Gasteiger partial charge in [-0.25, -0.2) is 4.79 Å². The maximum absolute atomic E-state index is 11.5. The van der Waals surface area contributed by atoms with Gasteiger partial charge >= 0.3 is 6.09 Å². The Balaban J connectivity index is 4.68. The van der Waals surface area contributed by atoms with Crippen molar-refractivity contribution in [3.8, 4) is 0 Å². The number of nitrogens with one attached hydrogen (secondary N) is 1. The molecule has 1 amide bonds. The Hall–Kier alpha value is -1.75. The topological polar surface area (TPSA) is 58.6 Å². The van der Waals surface area contributed by atoms with E-state index in [0.717, 1.165) is 12.0 Å². The van der Waals surface area contributed by atoms with E-state index in [4.69, 9.17) is 4.74 Å². The molecule has 5 heteroatoms. The summed E-state index contributed by atoms with van der Waals surface area (Å²) in [6.45, 7) is 7.67. The van der Waals surface area contributed by atoms with Crippen molar-refractivity contribution in [1.82, 2.24) is 5.32 Å². The first-order chi connectivity index (χ1) is 10.1. The van der Waals surface area contributed by atoms with Crippen LogP contribution in [0.2, 0.25) is 0 Å². The molecule has 116 valence electrons. The molecular weight excluding hydrogens is 265 g/mol. The lowest BCUT2D eigenvalue weighted by molar-refractivity contribution is 0.180. The number of alkyl carbamates (subject to hydrolysis) is 1. The van der Waals surface area contributed by atoms with Crippen LogP contribution in [0.4, 0.5) is 4.79 Å². The predicted octanol–water partition coefficient (Wildman–Crippen LogP) is 3.02. The molecule has 0 aliphatic rings. The number of rotatable bonds is 8. The molecule has 0 rings (SSSR count). The molecule has 2 unspecified atom stereocenters. The molecule has 0 saturated heterocycles. The Labute approximate surface area is 128 Å². The van der Waals surface area contributed by atoms with Gasteiger partial charge in [0.15, 0.2) is 0 Å². The van der Waals surface area contributed by atoms with Crippen LogP contribution in [0, 0.1) is 5.92 Å². The van der Waals surface area contributed by atoms with Gasteiger partial charge in [0.2, 0.25) is 0 Å². The number of hydrogen-bond acceptors (Lipinski definition) is 3. The number of allylic oxidation sites excluding steroid dienone is 7. The van der Waals surface area contributed by atoms with Crippen molar-refractivity contribution in [3.63, 3.8) is 0 Å². The summed E-state index contributed by atoms with van der Waals surface area (Å²) in [5.41, 5.74) is 1.14. The van der Waals surface area contributed by atoms with Gasteiger partial charge in [0, 0.05) is 5.94 Å². The Morgan fingerprint density at radius 2 is 2.00 bits per heavy atom. The molecule has 0 aromatic carbocycles. The zero-order chi connectivity index (χ0) is 16.1. The van der Waals surface area contributed by atoms with Crippen LogP contribution >= 0.6 is 0 Å². The predicted molar refractivity (Wildman–Crippen MR) is 89.1 cm³/mol. The minimum atomic E-state index is -0.552. The molecule has 0 spiro atoms. The number of ether oxygens (including phenoxy) is 1. The fourth-order valence-corrected chi connectivity index (χ4v) is 1.82. The second-order valence-electron chi connectivity index (χ2n) is 4.76. The van der Waals surface area contributed by atoms with Crippen molar-refractivity contribution in [3.05, 3.63) is 48.3 Å². The Kier molecular flexibility index (Phi) is 11.0. The van der Waals surface area contributed by atoms with Gasteiger partial charge in [-0.2, -0.15) is 0 Å². The number of carbonyl (C=O) groups is 1. The summed E-state index contributed by atoms with van der Waals surface area (Å²) in [6.07, 6.45) is 13.1. The zero-order valence-electron chi connectivity index (χ0n) is 13.4. The van der Waals surface area contributed by atoms with E-state index in [2.05, 4.69) is 5.32 Å². The molecule has 0 fully saturated rings. The van der Waals surface area contributed by atoms with Gasteiger partial charge < -0.3 is 15.1 Å². The summed E-state index contributed by atoms with van der Waals surface area (Å²) in [5.74, 6) is -0.261. The molecule has 0 aromatic rings. The van der Waals surface area contributed by atoms with Gasteiger partial charge in [-0.05, 0) is 38.7 Å². The zero-order valence-corrected chi connectivity index (χ0v) is 13.4. The lowest BCUT2D eigenvalue weighted by atomic mass is 9.76. The van der Waals surface area contributed by atoms with Crippen LogP contribution in [0.3, 0.4) is 0 Å². The van der Waals surface area contributed by atoms with Crippen molar-refractivity contribution in [2.75, 3.05) is 0 Å². The largest absolute Gasteiger partial charge is 0.452 e. The fraction of sp³-hybridized carbons (Fsp3) is 0.438. The van der Waals surface area contributed by atoms with Gasteiger partial charge in [0.05, 0.1) is 6.26 Å². The minimum Gasteiger partial charge on any atom is -0.452 e. The molecule has 2 atom stereocenters. The number of carbonyl (C=O) groups excluding carboxylic acids is 1. The van der Waals surface area contributed by atoms with Crippen molar-refractivity contribution < 1.29 is 14.6 Å². The van der Waals surface area contributed by atoms with Crippen molar-refractivity contribution in [2.24, 2.45) is 5.92 Å². The molecule has 0 bridgehead atoms. The molecule has 4 nitrogen and oxygen atoms in total. The van der Waals surface area contributed by atoms with Crippen molar-refractivity contribution in [1.29, 1.82) is 0 Å². The summed E-state index contributed by atoms with van der Waals surface area (Å²) in [4.78, 5) is 11.5. The van der Waals surface area contributed by atoms with Gasteiger partial charge in [0.1, 0.15) is 0 Å². The van der Waals surface area contributed by atoms with Gasteiger partial charge in [-0.3, -0.25) is 0 Å². The molecule has 0 heterocycles. The lowest BCUT2D eigenvalue weighted by Gasteiger charge is -2.22. The van der Waals surface area contributed by atoms with E-state index in [9.17, 15) is 9.82 Å². The smallest absolute Gasteiger partial charge is 0.411 e. The second-order valence-corrected chi connectivity index (χ2v) is 4.76. The molecule has 0 saturated carbocycles. The molecule has 0 aliphatic heterocycles. The number of hydrogen-bond donors (Lipinski definition) is 2. The van der Waals surface area contributed by atoms with Crippen LogP contribution < -0.4 is 5.32 Å². The molecule has 0 aromatic heterocycles. The third kappa shape index (κ3) is 8.92. The van der Waals surface area contributed by atoms with Gasteiger partial charge in [0.25, 0.3) is 7.48 Å². The van der Waals surface area contributed by atoms with Crippen LogP contribution in [0.1, 0.15) is 34.1 Å². The Morgan fingerprint density at radius 1 is 1.29 bits per heavy atom. The van der Waals surface area contributed by atoms with E-state index < -0.39 is 6.09 Å². The van der Waals surface area contributed by atoms with Crippen LogP contribution in [-0.4, -0.2) is 24.5 Å². The van der Waals surface area contributed by atoms with Crippen molar-refractivity contribution in [2.45, 2.75) is 40.1 Å². The third-order valence-corrected chi connectivity index (χ3v) is 2.94. The van der Waals surface area contributed by atoms with E-state index in [0.29, 0.717) is 0 Å². The van der Waals surface area contributed by atoms with E-state index >= 15 is 0 Å². The van der Waals surface area contributed by atoms with E-state index in [1.54, 1.807) is 13.0 Å². The Bertz CT molecular complexity index is 414. The van der Waals surface area contributed by atoms with Crippen molar-refractivity contribution >= 4 is 13.6 Å². The highest BCUT2D eigenvalue weighted by Gasteiger charge is 2.21. The molecule has 2 N–H and O–H groups in total. The van der Waals surface area contributed by atoms with E-state index in [-0.39, 0.29) is 19.3 Å². The van der Waals surface area contributed by atoms with Crippen LogP contribution in [0.15, 0.2) is 48.3 Å². The van der Waals surface area contributed by atoms with Crippen LogP contribution in [-0.2, 0) is 4.74 Å². The Morgan fingerprint density at radius 3 is 2.52 bits per heavy atom. The summed E-state index contributed by atoms with van der Waals surface area (Å²) >= 11 is 0. The minimum absolute atomic E-state index is 0.0841. The highest BCUT2D eigenvalue weighted by atomic mass is 16.5. The number of amides is 1. The van der Waals surface area contributed by atoms with Crippen LogP contribution in [0.25, 0.3) is 0 Å². The normalized spacial score (nSPS) is 15.6. The quantitative estimate of drug-likeness (QED) is 0.410. The first-order valence-electron chi connectivity index (χ1n) is 7.22. The average molecular weight is 291 g/mol. The highest BCUT2D eigenvalue weighted by molar-refractivity contribution is 6.28. The molecule has 21 heavy (non-hydrogen) atoms. The first kappa shape index (κ1) is 19.3. The maximum Gasteiger partial charge on any atom is 0.411 e. The molecule has 0 radical (unpaired) electrons. The van der Waals surface area contributed by atoms with Gasteiger partial charge in [-0.15, -0.1) is 0 Å². The highest BCUT2D eigenvalue weighted by Crippen LogP contribution is 2.16. The second kappa shape index (κ2) is 12.0. The average Bonchev–Trinajstić information content (AvgIpc) is 2.48. The van der Waals surface area contributed by atoms with E-state index in [1.165, 1.54) is 6.26 Å². The monoisotopic (exact) mass is 291 g/mol. The van der Waals surface area contributed by atoms with E-state index in [1.807, 2.05) is 51.2 Å². The lowest BCUT2D eigenvalue weighted by Crippen LogP contribution is -2.43. The summed E-state index contributed by atoms with van der Waals surface area (Å²) < 4.78 is 4.81. The third-order valence-electron chi connectivity index (χ3n) is 2.94. The molecular formula is C16H26BNO3. The van der Waals surface area contributed by atoms with Crippen LogP contribution in [0.5, 0.6) is 0 Å². The summed E-state index contributed by atoms with van der Waals surface area (Å²) in [5, 5.41) is 12.1. The fourth-order valence-electron chi connectivity index (χ4n) is 1.82. The summed E-state index contributed by atoms with van der Waals surface area (Å²) in [6, 6.07) is 0.